The lowest BCUT2D eigenvalue weighted by Crippen LogP contribution is -2.13. The van der Waals surface area contributed by atoms with Gasteiger partial charge in [0.25, 0.3) is 0 Å². The van der Waals surface area contributed by atoms with Gasteiger partial charge in [-0.2, -0.15) is 0 Å². The summed E-state index contributed by atoms with van der Waals surface area (Å²) >= 11 is 0. The van der Waals surface area contributed by atoms with Crippen LogP contribution < -0.4 is 5.32 Å². The fourth-order valence-corrected chi connectivity index (χ4v) is 2.96. The molecule has 1 unspecified atom stereocenters. The Bertz CT molecular complexity index is 908. The summed E-state index contributed by atoms with van der Waals surface area (Å²) in [5, 5.41) is 4.07. The van der Waals surface area contributed by atoms with E-state index in [1.54, 1.807) is 6.21 Å². The van der Waals surface area contributed by atoms with Gasteiger partial charge in [-0.1, -0.05) is 18.2 Å². The van der Waals surface area contributed by atoms with E-state index < -0.39 is 0 Å². The van der Waals surface area contributed by atoms with Gasteiger partial charge < -0.3 is 10.3 Å². The molecule has 0 saturated heterocycles. The highest BCUT2D eigenvalue weighted by Crippen LogP contribution is 2.34. The first-order valence-corrected chi connectivity index (χ1v) is 7.24. The molecular weight excluding hydrogens is 274 g/mol. The van der Waals surface area contributed by atoms with Crippen molar-refractivity contribution in [3.8, 4) is 0 Å². The fraction of sp³-hybridized carbons (Fsp3) is 0.111. The van der Waals surface area contributed by atoms with E-state index in [1.807, 2.05) is 55.6 Å². The Morgan fingerprint density at radius 1 is 1.18 bits per heavy atom. The van der Waals surface area contributed by atoms with Crippen LogP contribution in [0.4, 0.5) is 11.4 Å². The highest BCUT2D eigenvalue weighted by molar-refractivity contribution is 6.13. The first kappa shape index (κ1) is 12.8. The highest BCUT2D eigenvalue weighted by atomic mass is 16.2. The van der Waals surface area contributed by atoms with Gasteiger partial charge in [0.1, 0.15) is 5.92 Å². The van der Waals surface area contributed by atoms with E-state index in [1.165, 1.54) is 0 Å². The molecule has 0 fully saturated rings. The van der Waals surface area contributed by atoms with Gasteiger partial charge in [0.2, 0.25) is 5.91 Å². The Kier molecular flexibility index (Phi) is 2.82. The number of fused-ring (bicyclic) bond motifs is 2. The van der Waals surface area contributed by atoms with Crippen LogP contribution in [0.3, 0.4) is 0 Å². The lowest BCUT2D eigenvalue weighted by atomic mass is 9.97. The summed E-state index contributed by atoms with van der Waals surface area (Å²) < 4.78 is 0. The van der Waals surface area contributed by atoms with Crippen LogP contribution in [0.25, 0.3) is 10.9 Å². The number of anilines is 1. The van der Waals surface area contributed by atoms with E-state index >= 15 is 0 Å². The van der Waals surface area contributed by atoms with Gasteiger partial charge in [-0.15, -0.1) is 0 Å². The first-order chi connectivity index (χ1) is 10.7. The highest BCUT2D eigenvalue weighted by Gasteiger charge is 2.30. The molecular formula is C18H15N3O. The van der Waals surface area contributed by atoms with E-state index in [4.69, 9.17) is 0 Å². The topological polar surface area (TPSA) is 57.2 Å². The van der Waals surface area contributed by atoms with E-state index in [0.29, 0.717) is 0 Å². The molecule has 0 radical (unpaired) electrons. The minimum Gasteiger partial charge on any atom is -0.361 e. The maximum Gasteiger partial charge on any atom is 0.237 e. The van der Waals surface area contributed by atoms with Crippen molar-refractivity contribution in [1.29, 1.82) is 0 Å². The molecule has 1 atom stereocenters. The molecule has 0 saturated carbocycles. The summed E-state index contributed by atoms with van der Waals surface area (Å²) in [7, 11) is 0. The molecule has 4 heteroatoms. The zero-order chi connectivity index (χ0) is 15.1. The number of amides is 1. The SMILES string of the molecule is Cc1cccc2c1C(C=Nc1ccc3cc[nH]c3c1)C(=O)N2. The third kappa shape index (κ3) is 2.00. The largest absolute Gasteiger partial charge is 0.361 e. The van der Waals surface area contributed by atoms with Crippen molar-refractivity contribution in [2.75, 3.05) is 5.32 Å². The third-order valence-electron chi connectivity index (χ3n) is 4.09. The number of hydrogen-bond acceptors (Lipinski definition) is 2. The molecule has 3 aromatic rings. The van der Waals surface area contributed by atoms with Crippen LogP contribution in [0, 0.1) is 6.92 Å². The maximum absolute atomic E-state index is 12.2. The summed E-state index contributed by atoms with van der Waals surface area (Å²) in [6, 6.07) is 13.9. The summed E-state index contributed by atoms with van der Waals surface area (Å²) in [4.78, 5) is 19.8. The van der Waals surface area contributed by atoms with E-state index in [0.717, 1.165) is 33.4 Å². The smallest absolute Gasteiger partial charge is 0.237 e. The van der Waals surface area contributed by atoms with Crippen molar-refractivity contribution in [3.05, 3.63) is 59.8 Å². The van der Waals surface area contributed by atoms with Crippen molar-refractivity contribution in [3.63, 3.8) is 0 Å². The molecule has 4 nitrogen and oxygen atoms in total. The minimum atomic E-state index is -0.324. The monoisotopic (exact) mass is 289 g/mol. The number of carbonyl (C=O) groups is 1. The molecule has 4 rings (SSSR count). The number of hydrogen-bond donors (Lipinski definition) is 2. The van der Waals surface area contributed by atoms with Crippen LogP contribution in [-0.4, -0.2) is 17.1 Å². The van der Waals surface area contributed by atoms with Crippen LogP contribution in [0.15, 0.2) is 53.7 Å². The lowest BCUT2D eigenvalue weighted by Gasteiger charge is -2.06. The standard InChI is InChI=1S/C18H15N3O/c1-11-3-2-4-15-17(11)14(18(22)21-15)10-20-13-6-5-12-7-8-19-16(12)9-13/h2-10,14,19H,1H3,(H,21,22). The molecule has 1 aromatic heterocycles. The van der Waals surface area contributed by atoms with Crippen LogP contribution in [-0.2, 0) is 4.79 Å². The molecule has 0 aliphatic carbocycles. The second kappa shape index (κ2) is 4.84. The van der Waals surface area contributed by atoms with E-state index in [9.17, 15) is 4.79 Å². The van der Waals surface area contributed by atoms with Gasteiger partial charge in [-0.05, 0) is 47.7 Å². The van der Waals surface area contributed by atoms with Gasteiger partial charge in [0.15, 0.2) is 0 Å². The quantitative estimate of drug-likeness (QED) is 0.690. The fourth-order valence-electron chi connectivity index (χ4n) is 2.96. The second-order valence-electron chi connectivity index (χ2n) is 5.53. The number of carbonyl (C=O) groups excluding carboxylic acids is 1. The summed E-state index contributed by atoms with van der Waals surface area (Å²) in [6.07, 6.45) is 3.64. The molecule has 1 aliphatic heterocycles. The summed E-state index contributed by atoms with van der Waals surface area (Å²) in [5.74, 6) is -0.343. The number of H-pyrrole nitrogens is 1. The van der Waals surface area contributed by atoms with E-state index in [-0.39, 0.29) is 11.8 Å². The number of aliphatic imine (C=N–C) groups is 1. The predicted molar refractivity (Wildman–Crippen MR) is 89.0 cm³/mol. The number of nitrogens with one attached hydrogen (secondary N) is 2. The Labute approximate surface area is 127 Å². The molecule has 22 heavy (non-hydrogen) atoms. The van der Waals surface area contributed by atoms with Gasteiger partial charge in [-0.3, -0.25) is 9.79 Å². The Hall–Kier alpha value is -2.88. The average Bonchev–Trinajstić information content (AvgIpc) is 3.09. The number of aromatic amines is 1. The molecule has 0 spiro atoms. The summed E-state index contributed by atoms with van der Waals surface area (Å²) in [6.45, 7) is 2.02. The first-order valence-electron chi connectivity index (χ1n) is 7.24. The number of aromatic nitrogens is 1. The second-order valence-corrected chi connectivity index (χ2v) is 5.53. The van der Waals surface area contributed by atoms with Gasteiger partial charge in [0, 0.05) is 23.6 Å². The van der Waals surface area contributed by atoms with E-state index in [2.05, 4.69) is 15.3 Å². The van der Waals surface area contributed by atoms with Crippen molar-refractivity contribution < 1.29 is 4.79 Å². The Morgan fingerprint density at radius 2 is 2.09 bits per heavy atom. The molecule has 0 bridgehead atoms. The predicted octanol–water partition coefficient (Wildman–Crippen LogP) is 3.91. The number of nitrogens with zero attached hydrogens (tertiary/aromatic N) is 1. The maximum atomic E-state index is 12.2. The zero-order valence-corrected chi connectivity index (χ0v) is 12.1. The molecule has 1 aliphatic rings. The van der Waals surface area contributed by atoms with Crippen molar-refractivity contribution in [1.82, 2.24) is 4.98 Å². The zero-order valence-electron chi connectivity index (χ0n) is 12.1. The average molecular weight is 289 g/mol. The third-order valence-corrected chi connectivity index (χ3v) is 4.09. The van der Waals surface area contributed by atoms with Gasteiger partial charge >= 0.3 is 0 Å². The van der Waals surface area contributed by atoms with Crippen LogP contribution >= 0.6 is 0 Å². The van der Waals surface area contributed by atoms with Crippen molar-refractivity contribution in [2.45, 2.75) is 12.8 Å². The molecule has 108 valence electrons. The Balaban J connectivity index is 1.70. The number of aryl methyl sites for hydroxylation is 1. The normalized spacial score (nSPS) is 17.1. The summed E-state index contributed by atoms with van der Waals surface area (Å²) in [5.41, 5.74) is 4.90. The van der Waals surface area contributed by atoms with Crippen LogP contribution in [0.5, 0.6) is 0 Å². The molecule has 1 amide bonds. The number of benzene rings is 2. The van der Waals surface area contributed by atoms with Crippen molar-refractivity contribution in [2.24, 2.45) is 4.99 Å². The van der Waals surface area contributed by atoms with Crippen LogP contribution in [0.2, 0.25) is 0 Å². The molecule has 2 N–H and O–H groups in total. The van der Waals surface area contributed by atoms with Gasteiger partial charge in [-0.25, -0.2) is 0 Å². The Morgan fingerprint density at radius 3 is 3.00 bits per heavy atom. The van der Waals surface area contributed by atoms with Crippen molar-refractivity contribution >= 4 is 34.4 Å². The minimum absolute atomic E-state index is 0.0194. The lowest BCUT2D eigenvalue weighted by molar-refractivity contribution is -0.115. The molecule has 2 aromatic carbocycles. The molecule has 2 heterocycles. The van der Waals surface area contributed by atoms with Crippen LogP contribution in [0.1, 0.15) is 17.0 Å². The number of rotatable bonds is 2. The van der Waals surface area contributed by atoms with Gasteiger partial charge in [0.05, 0.1) is 5.69 Å².